The number of carbonyl (C=O) groups excluding carboxylic acids is 1. The van der Waals surface area contributed by atoms with Crippen LogP contribution in [0.4, 0.5) is 0 Å². The molecule has 114 valence electrons. The van der Waals surface area contributed by atoms with Crippen molar-refractivity contribution in [1.29, 1.82) is 0 Å². The molecule has 0 aliphatic heterocycles. The zero-order valence-electron chi connectivity index (χ0n) is 12.7. The van der Waals surface area contributed by atoms with E-state index in [2.05, 4.69) is 0 Å². The molecule has 2 rings (SSSR count). The van der Waals surface area contributed by atoms with Gasteiger partial charge in [0.25, 0.3) is 5.91 Å². The van der Waals surface area contributed by atoms with Gasteiger partial charge in [-0.25, -0.2) is 4.79 Å². The minimum atomic E-state index is -1.02. The largest absolute Gasteiger partial charge is 0.481 e. The summed E-state index contributed by atoms with van der Waals surface area (Å²) in [6.45, 7) is 3.27. The van der Waals surface area contributed by atoms with Crippen LogP contribution in [0.2, 0.25) is 0 Å². The number of rotatable bonds is 5. The van der Waals surface area contributed by atoms with E-state index >= 15 is 0 Å². The summed E-state index contributed by atoms with van der Waals surface area (Å²) in [5, 5.41) is 8.68. The van der Waals surface area contributed by atoms with Gasteiger partial charge in [0, 0.05) is 18.7 Å². The van der Waals surface area contributed by atoms with Crippen molar-refractivity contribution in [2.24, 2.45) is 0 Å². The minimum Gasteiger partial charge on any atom is -0.481 e. The van der Waals surface area contributed by atoms with Gasteiger partial charge in [-0.05, 0) is 56.4 Å². The van der Waals surface area contributed by atoms with Gasteiger partial charge in [0.05, 0.1) is 0 Å². The van der Waals surface area contributed by atoms with Gasteiger partial charge in [-0.3, -0.25) is 4.79 Å². The second-order valence-corrected chi connectivity index (χ2v) is 5.62. The number of carbonyl (C=O) groups is 2. The van der Waals surface area contributed by atoms with Gasteiger partial charge in [-0.15, -0.1) is 0 Å². The Hall–Kier alpha value is -2.04. The normalized spacial score (nSPS) is 14.4. The van der Waals surface area contributed by atoms with Crippen LogP contribution in [-0.2, 0) is 4.79 Å². The van der Waals surface area contributed by atoms with E-state index in [1.807, 2.05) is 20.9 Å². The molecular weight excluding hydrogens is 270 g/mol. The molecule has 0 saturated heterocycles. The van der Waals surface area contributed by atoms with Crippen LogP contribution in [0.15, 0.2) is 12.1 Å². The maximum Gasteiger partial charge on any atom is 0.341 e. The van der Waals surface area contributed by atoms with Gasteiger partial charge < -0.3 is 14.7 Å². The maximum atomic E-state index is 12.5. The lowest BCUT2D eigenvalue weighted by Crippen LogP contribution is -2.41. The Morgan fingerprint density at radius 3 is 2.29 bits per heavy atom. The van der Waals surface area contributed by atoms with Crippen molar-refractivity contribution in [3.8, 4) is 5.75 Å². The zero-order chi connectivity index (χ0) is 15.6. The number of hydrogen-bond acceptors (Lipinski definition) is 3. The standard InChI is InChI=1S/C16H21NO4/c1-10-7-12(16(20)17(3)13-5-4-6-13)8-11(2)15(10)21-9-14(18)19/h7-8,13H,4-6,9H2,1-3H3,(H,18,19). The minimum absolute atomic E-state index is 0.00989. The summed E-state index contributed by atoms with van der Waals surface area (Å²) in [7, 11) is 1.84. The Morgan fingerprint density at radius 2 is 1.86 bits per heavy atom. The third-order valence-electron chi connectivity index (χ3n) is 3.99. The van der Waals surface area contributed by atoms with Crippen LogP contribution in [0.3, 0.4) is 0 Å². The summed E-state index contributed by atoms with van der Waals surface area (Å²) >= 11 is 0. The molecule has 5 heteroatoms. The smallest absolute Gasteiger partial charge is 0.341 e. The van der Waals surface area contributed by atoms with Gasteiger partial charge in [-0.1, -0.05) is 0 Å². The monoisotopic (exact) mass is 291 g/mol. The van der Waals surface area contributed by atoms with Crippen LogP contribution >= 0.6 is 0 Å². The molecule has 1 aromatic carbocycles. The van der Waals surface area contributed by atoms with E-state index in [9.17, 15) is 9.59 Å². The number of carboxylic acid groups (broad SMARTS) is 1. The first-order valence-electron chi connectivity index (χ1n) is 7.13. The van der Waals surface area contributed by atoms with Gasteiger partial charge in [0.2, 0.25) is 0 Å². The molecule has 1 amide bonds. The number of amides is 1. The van der Waals surface area contributed by atoms with E-state index < -0.39 is 5.97 Å². The van der Waals surface area contributed by atoms with E-state index in [-0.39, 0.29) is 12.5 Å². The molecule has 5 nitrogen and oxygen atoms in total. The van der Waals surface area contributed by atoms with Crippen LogP contribution in [0.1, 0.15) is 40.7 Å². The SMILES string of the molecule is Cc1cc(C(=O)N(C)C2CCC2)cc(C)c1OCC(=O)O. The maximum absolute atomic E-state index is 12.5. The summed E-state index contributed by atoms with van der Waals surface area (Å²) in [6, 6.07) is 3.88. The van der Waals surface area contributed by atoms with Gasteiger partial charge in [0.15, 0.2) is 6.61 Å². The average molecular weight is 291 g/mol. The average Bonchev–Trinajstić information content (AvgIpc) is 2.34. The van der Waals surface area contributed by atoms with E-state index in [4.69, 9.17) is 9.84 Å². The number of ether oxygens (including phenoxy) is 1. The lowest BCUT2D eigenvalue weighted by Gasteiger charge is -2.35. The highest BCUT2D eigenvalue weighted by molar-refractivity contribution is 5.95. The fraction of sp³-hybridized carbons (Fsp3) is 0.500. The molecule has 1 aliphatic carbocycles. The quantitative estimate of drug-likeness (QED) is 0.904. The molecule has 0 radical (unpaired) electrons. The van der Waals surface area contributed by atoms with Gasteiger partial charge in [0.1, 0.15) is 5.75 Å². The Kier molecular flexibility index (Phi) is 4.50. The number of hydrogen-bond donors (Lipinski definition) is 1. The number of nitrogens with zero attached hydrogens (tertiary/aromatic N) is 1. The molecule has 1 N–H and O–H groups in total. The molecule has 1 saturated carbocycles. The summed E-state index contributed by atoms with van der Waals surface area (Å²) in [5.74, 6) is -0.463. The van der Waals surface area contributed by atoms with Crippen molar-refractivity contribution in [2.75, 3.05) is 13.7 Å². The van der Waals surface area contributed by atoms with Gasteiger partial charge >= 0.3 is 5.97 Å². The summed E-state index contributed by atoms with van der Waals surface area (Å²) in [4.78, 5) is 24.8. The Bertz CT molecular complexity index is 540. The van der Waals surface area contributed by atoms with Crippen molar-refractivity contribution in [3.05, 3.63) is 28.8 Å². The Morgan fingerprint density at radius 1 is 1.29 bits per heavy atom. The lowest BCUT2D eigenvalue weighted by atomic mass is 9.91. The molecule has 21 heavy (non-hydrogen) atoms. The third kappa shape index (κ3) is 3.35. The molecule has 1 fully saturated rings. The number of carboxylic acids is 1. The Labute approximate surface area is 124 Å². The molecule has 0 unspecified atom stereocenters. The fourth-order valence-corrected chi connectivity index (χ4v) is 2.58. The van der Waals surface area contributed by atoms with Crippen molar-refractivity contribution >= 4 is 11.9 Å². The third-order valence-corrected chi connectivity index (χ3v) is 3.99. The highest BCUT2D eigenvalue weighted by Crippen LogP contribution is 2.28. The second-order valence-electron chi connectivity index (χ2n) is 5.62. The van der Waals surface area contributed by atoms with E-state index in [1.165, 1.54) is 6.42 Å². The van der Waals surface area contributed by atoms with E-state index in [0.717, 1.165) is 24.0 Å². The number of aliphatic carboxylic acids is 1. The van der Waals surface area contributed by atoms with Gasteiger partial charge in [-0.2, -0.15) is 0 Å². The van der Waals surface area contributed by atoms with Crippen LogP contribution in [0.25, 0.3) is 0 Å². The number of benzene rings is 1. The van der Waals surface area contributed by atoms with Crippen LogP contribution in [-0.4, -0.2) is 41.6 Å². The molecule has 0 bridgehead atoms. The van der Waals surface area contributed by atoms with Crippen molar-refractivity contribution < 1.29 is 19.4 Å². The van der Waals surface area contributed by atoms with Crippen molar-refractivity contribution in [2.45, 2.75) is 39.2 Å². The van der Waals surface area contributed by atoms with Crippen LogP contribution < -0.4 is 4.74 Å². The highest BCUT2D eigenvalue weighted by atomic mass is 16.5. The topological polar surface area (TPSA) is 66.8 Å². The Balaban J connectivity index is 2.18. The fourth-order valence-electron chi connectivity index (χ4n) is 2.58. The van der Waals surface area contributed by atoms with Crippen LogP contribution in [0, 0.1) is 13.8 Å². The highest BCUT2D eigenvalue weighted by Gasteiger charge is 2.26. The first-order valence-corrected chi connectivity index (χ1v) is 7.13. The zero-order valence-corrected chi connectivity index (χ0v) is 12.7. The molecular formula is C16H21NO4. The first kappa shape index (κ1) is 15.4. The first-order chi connectivity index (χ1) is 9.90. The summed E-state index contributed by atoms with van der Waals surface area (Å²) in [6.07, 6.45) is 3.32. The lowest BCUT2D eigenvalue weighted by molar-refractivity contribution is -0.139. The molecule has 1 aromatic rings. The van der Waals surface area contributed by atoms with Crippen molar-refractivity contribution in [3.63, 3.8) is 0 Å². The molecule has 0 heterocycles. The number of aryl methyl sites for hydroxylation is 2. The van der Waals surface area contributed by atoms with E-state index in [1.54, 1.807) is 17.0 Å². The van der Waals surface area contributed by atoms with E-state index in [0.29, 0.717) is 17.4 Å². The predicted octanol–water partition coefficient (Wildman–Crippen LogP) is 2.39. The molecule has 1 aliphatic rings. The molecule has 0 atom stereocenters. The molecule has 0 aromatic heterocycles. The van der Waals surface area contributed by atoms with Crippen LogP contribution in [0.5, 0.6) is 5.75 Å². The second kappa shape index (κ2) is 6.16. The predicted molar refractivity (Wildman–Crippen MR) is 78.8 cm³/mol. The molecule has 0 spiro atoms. The van der Waals surface area contributed by atoms with Crippen molar-refractivity contribution in [1.82, 2.24) is 4.90 Å². The summed E-state index contributed by atoms with van der Waals surface area (Å²) in [5.41, 5.74) is 2.19. The summed E-state index contributed by atoms with van der Waals surface area (Å²) < 4.78 is 5.28.